The zero-order chi connectivity index (χ0) is 10.4. The highest BCUT2D eigenvalue weighted by Gasteiger charge is 2.22. The Bertz CT molecular complexity index is 184. The second kappa shape index (κ2) is 5.93. The van der Waals surface area contributed by atoms with Crippen LogP contribution in [0.15, 0.2) is 0 Å². The first-order valence-corrected chi connectivity index (χ1v) is 5.05. The van der Waals surface area contributed by atoms with Crippen molar-refractivity contribution in [2.75, 3.05) is 26.2 Å². The normalized spacial score (nSPS) is 20.4. The number of carbonyl (C=O) groups excluding carboxylic acids is 1. The van der Waals surface area contributed by atoms with Gasteiger partial charge in [0.1, 0.15) is 0 Å². The van der Waals surface area contributed by atoms with E-state index < -0.39 is 12.1 Å². The first kappa shape index (κ1) is 11.4. The fourth-order valence-electron chi connectivity index (χ4n) is 1.29. The summed E-state index contributed by atoms with van der Waals surface area (Å²) in [4.78, 5) is 16.0. The molecule has 1 heterocycles. The molecule has 14 heavy (non-hydrogen) atoms. The molecule has 0 aromatic heterocycles. The first-order chi connectivity index (χ1) is 6.74. The van der Waals surface area contributed by atoms with E-state index in [-0.39, 0.29) is 6.42 Å². The molecule has 0 aliphatic carbocycles. The molecule has 1 aliphatic rings. The van der Waals surface area contributed by atoms with Crippen LogP contribution in [-0.4, -0.2) is 43.4 Å². The summed E-state index contributed by atoms with van der Waals surface area (Å²) < 4.78 is 13.0. The van der Waals surface area contributed by atoms with Gasteiger partial charge in [-0.25, -0.2) is 9.18 Å². The Labute approximate surface area is 83.4 Å². The number of hydroxylamine groups is 2. The number of hydrogen-bond donors (Lipinski definition) is 1. The number of piperazine rings is 1. The lowest BCUT2D eigenvalue weighted by Gasteiger charge is -2.26. The minimum absolute atomic E-state index is 0.241. The molecule has 1 saturated heterocycles. The highest BCUT2D eigenvalue weighted by atomic mass is 19.1. The van der Waals surface area contributed by atoms with Gasteiger partial charge in [0.2, 0.25) is 0 Å². The van der Waals surface area contributed by atoms with Gasteiger partial charge in [0.05, 0.1) is 0 Å². The molecule has 1 unspecified atom stereocenters. The molecular formula is C9H17FN2O2. The molecule has 0 bridgehead atoms. The molecule has 0 aromatic carbocycles. The van der Waals surface area contributed by atoms with Crippen molar-refractivity contribution in [2.24, 2.45) is 0 Å². The van der Waals surface area contributed by atoms with Crippen molar-refractivity contribution < 1.29 is 14.0 Å². The van der Waals surface area contributed by atoms with Crippen LogP contribution < -0.4 is 5.32 Å². The van der Waals surface area contributed by atoms with Gasteiger partial charge in [-0.3, -0.25) is 0 Å². The molecule has 5 heteroatoms. The van der Waals surface area contributed by atoms with E-state index in [4.69, 9.17) is 4.84 Å². The van der Waals surface area contributed by atoms with Crippen molar-refractivity contribution in [3.8, 4) is 0 Å². The van der Waals surface area contributed by atoms with Gasteiger partial charge in [-0.05, 0) is 6.42 Å². The summed E-state index contributed by atoms with van der Waals surface area (Å²) in [5.74, 6) is -0.756. The molecule has 0 amide bonds. The number of carbonyl (C=O) groups is 1. The standard InChI is InChI=1S/C9H17FN2O2/c1-2-3-8(10)9(13)14-12-6-4-11-5-7-12/h8,11H,2-7H2,1H3. The number of rotatable bonds is 4. The molecule has 82 valence electrons. The van der Waals surface area contributed by atoms with Crippen molar-refractivity contribution in [1.29, 1.82) is 0 Å². The Kier molecular flexibility index (Phi) is 4.82. The molecule has 1 N–H and O–H groups in total. The van der Waals surface area contributed by atoms with Crippen molar-refractivity contribution in [1.82, 2.24) is 10.4 Å². The van der Waals surface area contributed by atoms with Gasteiger partial charge in [-0.1, -0.05) is 13.3 Å². The second-order valence-electron chi connectivity index (χ2n) is 3.35. The lowest BCUT2D eigenvalue weighted by Crippen LogP contribution is -2.45. The molecule has 1 aliphatic heterocycles. The highest BCUT2D eigenvalue weighted by Crippen LogP contribution is 2.05. The molecule has 0 spiro atoms. The quantitative estimate of drug-likeness (QED) is 0.723. The molecule has 4 nitrogen and oxygen atoms in total. The van der Waals surface area contributed by atoms with E-state index >= 15 is 0 Å². The lowest BCUT2D eigenvalue weighted by atomic mass is 10.2. The van der Waals surface area contributed by atoms with Crippen LogP contribution in [0.2, 0.25) is 0 Å². The van der Waals surface area contributed by atoms with Crippen LogP contribution in [0.1, 0.15) is 19.8 Å². The Balaban J connectivity index is 2.24. The minimum Gasteiger partial charge on any atom is -0.365 e. The van der Waals surface area contributed by atoms with Crippen LogP contribution >= 0.6 is 0 Å². The predicted octanol–water partition coefficient (Wildman–Crippen LogP) is 0.488. The summed E-state index contributed by atoms with van der Waals surface area (Å²) in [6.07, 6.45) is -0.585. The van der Waals surface area contributed by atoms with Crippen LogP contribution in [0.5, 0.6) is 0 Å². The minimum atomic E-state index is -1.48. The number of alkyl halides is 1. The predicted molar refractivity (Wildman–Crippen MR) is 50.3 cm³/mol. The van der Waals surface area contributed by atoms with Gasteiger partial charge in [-0.15, -0.1) is 5.06 Å². The fraction of sp³-hybridized carbons (Fsp3) is 0.889. The number of nitrogens with one attached hydrogen (secondary N) is 1. The first-order valence-electron chi connectivity index (χ1n) is 5.05. The summed E-state index contributed by atoms with van der Waals surface area (Å²) in [5.41, 5.74) is 0. The SMILES string of the molecule is CCCC(F)C(=O)ON1CCNCC1. The van der Waals surface area contributed by atoms with E-state index in [1.165, 1.54) is 5.06 Å². The van der Waals surface area contributed by atoms with Crippen LogP contribution in [0.4, 0.5) is 4.39 Å². The van der Waals surface area contributed by atoms with E-state index in [2.05, 4.69) is 5.32 Å². The highest BCUT2D eigenvalue weighted by molar-refractivity contribution is 5.74. The lowest BCUT2D eigenvalue weighted by molar-refractivity contribution is -0.198. The Morgan fingerprint density at radius 3 is 2.79 bits per heavy atom. The number of halogens is 1. The Morgan fingerprint density at radius 1 is 1.57 bits per heavy atom. The van der Waals surface area contributed by atoms with E-state index in [9.17, 15) is 9.18 Å². The number of nitrogens with zero attached hydrogens (tertiary/aromatic N) is 1. The van der Waals surface area contributed by atoms with Gasteiger partial charge < -0.3 is 10.2 Å². The molecule has 1 fully saturated rings. The molecule has 1 rings (SSSR count). The van der Waals surface area contributed by atoms with E-state index in [1.54, 1.807) is 0 Å². The summed E-state index contributed by atoms with van der Waals surface area (Å²) in [6, 6.07) is 0. The summed E-state index contributed by atoms with van der Waals surface area (Å²) in [6.45, 7) is 4.65. The Morgan fingerprint density at radius 2 is 2.21 bits per heavy atom. The molecule has 0 saturated carbocycles. The monoisotopic (exact) mass is 204 g/mol. The van der Waals surface area contributed by atoms with Crippen molar-refractivity contribution in [2.45, 2.75) is 25.9 Å². The van der Waals surface area contributed by atoms with E-state index in [0.29, 0.717) is 19.5 Å². The van der Waals surface area contributed by atoms with Gasteiger partial charge in [0, 0.05) is 26.2 Å². The average molecular weight is 204 g/mol. The maximum Gasteiger partial charge on any atom is 0.359 e. The topological polar surface area (TPSA) is 41.6 Å². The van der Waals surface area contributed by atoms with Crippen LogP contribution in [0, 0.1) is 0 Å². The van der Waals surface area contributed by atoms with Gasteiger partial charge in [0.15, 0.2) is 6.17 Å². The van der Waals surface area contributed by atoms with Crippen LogP contribution in [-0.2, 0) is 9.63 Å². The molecule has 0 aromatic rings. The van der Waals surface area contributed by atoms with Crippen LogP contribution in [0.25, 0.3) is 0 Å². The smallest absolute Gasteiger partial charge is 0.359 e. The third-order valence-electron chi connectivity index (χ3n) is 2.09. The third kappa shape index (κ3) is 3.59. The second-order valence-corrected chi connectivity index (χ2v) is 3.35. The Hall–Kier alpha value is -0.680. The number of hydrogen-bond acceptors (Lipinski definition) is 4. The maximum atomic E-state index is 13.0. The largest absolute Gasteiger partial charge is 0.365 e. The van der Waals surface area contributed by atoms with Crippen molar-refractivity contribution in [3.05, 3.63) is 0 Å². The van der Waals surface area contributed by atoms with Crippen molar-refractivity contribution in [3.63, 3.8) is 0 Å². The maximum absolute atomic E-state index is 13.0. The zero-order valence-corrected chi connectivity index (χ0v) is 8.46. The molecular weight excluding hydrogens is 187 g/mol. The summed E-state index contributed by atoms with van der Waals surface area (Å²) in [7, 11) is 0. The third-order valence-corrected chi connectivity index (χ3v) is 2.09. The molecule has 0 radical (unpaired) electrons. The average Bonchev–Trinajstić information content (AvgIpc) is 2.19. The fourth-order valence-corrected chi connectivity index (χ4v) is 1.29. The van der Waals surface area contributed by atoms with Gasteiger partial charge >= 0.3 is 5.97 Å². The van der Waals surface area contributed by atoms with Crippen molar-refractivity contribution >= 4 is 5.97 Å². The van der Waals surface area contributed by atoms with E-state index in [1.807, 2.05) is 6.92 Å². The van der Waals surface area contributed by atoms with Gasteiger partial charge in [-0.2, -0.15) is 0 Å². The molecule has 1 atom stereocenters. The zero-order valence-electron chi connectivity index (χ0n) is 8.46. The summed E-state index contributed by atoms with van der Waals surface area (Å²) in [5, 5.41) is 4.63. The van der Waals surface area contributed by atoms with Gasteiger partial charge in [0.25, 0.3) is 0 Å². The van der Waals surface area contributed by atoms with Crippen LogP contribution in [0.3, 0.4) is 0 Å². The van der Waals surface area contributed by atoms with E-state index in [0.717, 1.165) is 13.1 Å². The summed E-state index contributed by atoms with van der Waals surface area (Å²) >= 11 is 0.